The topological polar surface area (TPSA) is 67.4 Å². The average Bonchev–Trinajstić information content (AvgIpc) is 3.30. The maximum Gasteiger partial charge on any atom is 0.261 e. The smallest absolute Gasteiger partial charge is 0.261 e. The van der Waals surface area contributed by atoms with Crippen molar-refractivity contribution in [3.05, 3.63) is 52.2 Å². The lowest BCUT2D eigenvalue weighted by molar-refractivity contribution is 0.224. The first kappa shape index (κ1) is 18.4. The molecule has 0 spiro atoms. The third kappa shape index (κ3) is 3.44. The second-order valence-corrected chi connectivity index (χ2v) is 8.35. The van der Waals surface area contributed by atoms with Crippen LogP contribution in [0, 0.1) is 0 Å². The highest BCUT2D eigenvalue weighted by molar-refractivity contribution is 5.81. The van der Waals surface area contributed by atoms with E-state index in [-0.39, 0.29) is 11.6 Å². The standard InChI is InChI=1S/C22H27N5O2/c1-15(2)27-14-23-19-12-16(6-7-17(19)22(27)28)26-10-8-25(9-11-26)13-21-24-18-4-3-5-20(18)29-21/h6-7,12,14-15H,3-5,8-11,13H2,1-2H3. The first-order valence-corrected chi connectivity index (χ1v) is 10.5. The summed E-state index contributed by atoms with van der Waals surface area (Å²) in [7, 11) is 0. The number of rotatable bonds is 4. The molecule has 7 heteroatoms. The summed E-state index contributed by atoms with van der Waals surface area (Å²) >= 11 is 0. The molecule has 3 aromatic rings. The van der Waals surface area contributed by atoms with E-state index in [1.807, 2.05) is 32.0 Å². The van der Waals surface area contributed by atoms with Gasteiger partial charge in [-0.1, -0.05) is 0 Å². The molecule has 2 aliphatic rings. The lowest BCUT2D eigenvalue weighted by atomic mass is 10.2. The molecule has 1 fully saturated rings. The van der Waals surface area contributed by atoms with Crippen LogP contribution in [0.3, 0.4) is 0 Å². The lowest BCUT2D eigenvalue weighted by Gasteiger charge is -2.35. The van der Waals surface area contributed by atoms with E-state index in [2.05, 4.69) is 19.8 Å². The minimum Gasteiger partial charge on any atom is -0.444 e. The van der Waals surface area contributed by atoms with Crippen molar-refractivity contribution in [2.75, 3.05) is 31.1 Å². The lowest BCUT2D eigenvalue weighted by Crippen LogP contribution is -2.46. The zero-order valence-electron chi connectivity index (χ0n) is 17.1. The van der Waals surface area contributed by atoms with E-state index in [0.29, 0.717) is 5.39 Å². The third-order valence-corrected chi connectivity index (χ3v) is 6.06. The number of hydrogen-bond acceptors (Lipinski definition) is 6. The van der Waals surface area contributed by atoms with Crippen LogP contribution in [-0.4, -0.2) is 45.6 Å². The maximum atomic E-state index is 12.6. The summed E-state index contributed by atoms with van der Waals surface area (Å²) in [6.07, 6.45) is 4.93. The molecular weight excluding hydrogens is 366 g/mol. The predicted octanol–water partition coefficient (Wildman–Crippen LogP) is 2.78. The molecule has 2 aromatic heterocycles. The van der Waals surface area contributed by atoms with Gasteiger partial charge in [0.05, 0.1) is 29.5 Å². The summed E-state index contributed by atoms with van der Waals surface area (Å²) in [4.78, 5) is 26.6. The first-order valence-electron chi connectivity index (χ1n) is 10.5. The summed E-state index contributed by atoms with van der Waals surface area (Å²) in [5, 5.41) is 0.681. The number of piperazine rings is 1. The molecule has 152 valence electrons. The quantitative estimate of drug-likeness (QED) is 0.679. The number of anilines is 1. The zero-order chi connectivity index (χ0) is 20.0. The minimum absolute atomic E-state index is 0.0271. The van der Waals surface area contributed by atoms with E-state index in [1.54, 1.807) is 10.9 Å². The van der Waals surface area contributed by atoms with Gasteiger partial charge in [0, 0.05) is 44.3 Å². The highest BCUT2D eigenvalue weighted by atomic mass is 16.4. The van der Waals surface area contributed by atoms with Gasteiger partial charge in [0.2, 0.25) is 5.89 Å². The Hall–Kier alpha value is -2.67. The van der Waals surface area contributed by atoms with Gasteiger partial charge in [-0.3, -0.25) is 14.3 Å². The molecule has 0 unspecified atom stereocenters. The number of fused-ring (bicyclic) bond motifs is 2. The number of benzene rings is 1. The highest BCUT2D eigenvalue weighted by Gasteiger charge is 2.23. The zero-order valence-corrected chi connectivity index (χ0v) is 17.1. The van der Waals surface area contributed by atoms with Crippen molar-refractivity contribution in [1.82, 2.24) is 19.4 Å². The van der Waals surface area contributed by atoms with Crippen molar-refractivity contribution >= 4 is 16.6 Å². The average molecular weight is 393 g/mol. The van der Waals surface area contributed by atoms with Gasteiger partial charge in [0.1, 0.15) is 5.76 Å². The molecule has 1 aromatic carbocycles. The highest BCUT2D eigenvalue weighted by Crippen LogP contribution is 2.24. The molecule has 0 bridgehead atoms. The summed E-state index contributed by atoms with van der Waals surface area (Å²) in [6, 6.07) is 6.11. The molecule has 5 rings (SSSR count). The van der Waals surface area contributed by atoms with Crippen molar-refractivity contribution < 1.29 is 4.42 Å². The van der Waals surface area contributed by atoms with Crippen molar-refractivity contribution in [2.45, 2.75) is 45.7 Å². The Morgan fingerprint density at radius 1 is 1.14 bits per heavy atom. The predicted molar refractivity (Wildman–Crippen MR) is 112 cm³/mol. The van der Waals surface area contributed by atoms with E-state index in [1.165, 1.54) is 12.1 Å². The van der Waals surface area contributed by atoms with E-state index >= 15 is 0 Å². The molecular formula is C22H27N5O2. The van der Waals surface area contributed by atoms with E-state index in [9.17, 15) is 4.79 Å². The molecule has 0 saturated carbocycles. The van der Waals surface area contributed by atoms with Crippen molar-refractivity contribution in [2.24, 2.45) is 0 Å². The van der Waals surface area contributed by atoms with Gasteiger partial charge in [-0.2, -0.15) is 0 Å². The fraction of sp³-hybridized carbons (Fsp3) is 0.500. The minimum atomic E-state index is 0.0271. The summed E-state index contributed by atoms with van der Waals surface area (Å²) in [5.74, 6) is 1.96. The fourth-order valence-corrected chi connectivity index (χ4v) is 4.36. The summed E-state index contributed by atoms with van der Waals surface area (Å²) in [5.41, 5.74) is 3.08. The Morgan fingerprint density at radius 3 is 2.72 bits per heavy atom. The van der Waals surface area contributed by atoms with Crippen molar-refractivity contribution in [1.29, 1.82) is 0 Å². The molecule has 7 nitrogen and oxygen atoms in total. The number of aromatic nitrogens is 3. The van der Waals surface area contributed by atoms with Crippen LogP contribution in [0.4, 0.5) is 5.69 Å². The van der Waals surface area contributed by atoms with E-state index in [0.717, 1.165) is 68.4 Å². The van der Waals surface area contributed by atoms with Crippen LogP contribution in [0.5, 0.6) is 0 Å². The van der Waals surface area contributed by atoms with Crippen LogP contribution in [0.25, 0.3) is 10.9 Å². The SMILES string of the molecule is CC(C)n1cnc2cc(N3CCN(Cc4nc5c(o4)CCC5)CC3)ccc2c1=O. The Kier molecular flexibility index (Phi) is 4.62. The van der Waals surface area contributed by atoms with Crippen LogP contribution >= 0.6 is 0 Å². The van der Waals surface area contributed by atoms with E-state index in [4.69, 9.17) is 4.42 Å². The largest absolute Gasteiger partial charge is 0.444 e. The fourth-order valence-electron chi connectivity index (χ4n) is 4.36. The molecule has 0 amide bonds. The van der Waals surface area contributed by atoms with Crippen LogP contribution in [0.15, 0.2) is 33.7 Å². The third-order valence-electron chi connectivity index (χ3n) is 6.06. The molecule has 29 heavy (non-hydrogen) atoms. The molecule has 0 N–H and O–H groups in total. The van der Waals surface area contributed by atoms with Crippen molar-refractivity contribution in [3.8, 4) is 0 Å². The van der Waals surface area contributed by atoms with Gasteiger partial charge in [0.15, 0.2) is 0 Å². The van der Waals surface area contributed by atoms with Crippen LogP contribution in [0.1, 0.15) is 43.7 Å². The van der Waals surface area contributed by atoms with Crippen LogP contribution in [0.2, 0.25) is 0 Å². The Labute approximate surface area is 170 Å². The molecule has 1 saturated heterocycles. The molecule has 3 heterocycles. The van der Waals surface area contributed by atoms with Crippen molar-refractivity contribution in [3.63, 3.8) is 0 Å². The summed E-state index contributed by atoms with van der Waals surface area (Å²) < 4.78 is 7.60. The number of aryl methyl sites for hydroxylation is 2. The number of nitrogens with zero attached hydrogens (tertiary/aromatic N) is 5. The molecule has 1 aliphatic heterocycles. The Bertz CT molecular complexity index is 1070. The molecule has 0 radical (unpaired) electrons. The maximum absolute atomic E-state index is 12.6. The van der Waals surface area contributed by atoms with Crippen LogP contribution < -0.4 is 10.5 Å². The monoisotopic (exact) mass is 393 g/mol. The summed E-state index contributed by atoms with van der Waals surface area (Å²) in [6.45, 7) is 8.59. The van der Waals surface area contributed by atoms with Gasteiger partial charge in [-0.25, -0.2) is 9.97 Å². The van der Waals surface area contributed by atoms with Gasteiger partial charge in [-0.15, -0.1) is 0 Å². The Morgan fingerprint density at radius 2 is 1.97 bits per heavy atom. The first-order chi connectivity index (χ1) is 14.1. The van der Waals surface area contributed by atoms with Gasteiger partial charge < -0.3 is 9.32 Å². The molecule has 0 atom stereocenters. The Balaban J connectivity index is 1.27. The normalized spacial score (nSPS) is 17.4. The number of hydrogen-bond donors (Lipinski definition) is 0. The van der Waals surface area contributed by atoms with Gasteiger partial charge in [-0.05, 0) is 44.9 Å². The second-order valence-electron chi connectivity index (χ2n) is 8.35. The second kappa shape index (κ2) is 7.30. The number of oxazole rings is 1. The van der Waals surface area contributed by atoms with Gasteiger partial charge >= 0.3 is 0 Å². The van der Waals surface area contributed by atoms with Gasteiger partial charge in [0.25, 0.3) is 5.56 Å². The van der Waals surface area contributed by atoms with E-state index < -0.39 is 0 Å². The molecule has 1 aliphatic carbocycles. The van der Waals surface area contributed by atoms with Crippen LogP contribution in [-0.2, 0) is 19.4 Å².